The summed E-state index contributed by atoms with van der Waals surface area (Å²) in [7, 11) is 1.44. The maximum atomic E-state index is 13.4. The highest BCUT2D eigenvalue weighted by molar-refractivity contribution is 6.02. The molecule has 3 N–H and O–H groups in total. The van der Waals surface area contributed by atoms with Gasteiger partial charge in [0.15, 0.2) is 11.6 Å². The number of aliphatic hydroxyl groups is 3. The van der Waals surface area contributed by atoms with Gasteiger partial charge in [-0.25, -0.2) is 0 Å². The molecule has 0 aromatic carbocycles. The van der Waals surface area contributed by atoms with Crippen LogP contribution in [0.4, 0.5) is 0 Å². The summed E-state index contributed by atoms with van der Waals surface area (Å²) in [5.74, 6) is -2.82. The zero-order chi connectivity index (χ0) is 21.7. The fraction of sp³-hybridized carbons (Fsp3) is 0.818. The summed E-state index contributed by atoms with van der Waals surface area (Å²) in [4.78, 5) is 26.9. The molecule has 6 nitrogen and oxygen atoms in total. The lowest BCUT2D eigenvalue weighted by Gasteiger charge is -2.64. The largest absolute Gasteiger partial charge is 0.504 e. The molecule has 0 amide bonds. The standard InChI is InChI=1S/C22H36O6/c1-8-13(2)16-20(5,15(23)9-10-28-7)17-14(3)11-19(4,25)12-22(17,27)18(24)21(16,6)26/h9-10,13-14,16-17,25-27H,8,11-12H2,1-7H3/b10-9+/t13-,14+,16+,17+,19+,20+,21-,22+/m0/s1. The first-order valence-electron chi connectivity index (χ1n) is 10.2. The van der Waals surface area contributed by atoms with Gasteiger partial charge in [0.05, 0.1) is 19.0 Å². The molecule has 2 aliphatic carbocycles. The zero-order valence-electron chi connectivity index (χ0n) is 18.2. The molecule has 0 aromatic rings. The van der Waals surface area contributed by atoms with E-state index in [1.54, 1.807) is 13.8 Å². The molecule has 2 fully saturated rings. The minimum Gasteiger partial charge on any atom is -0.504 e. The SMILES string of the molecule is CC[C@H](C)[C@@H]1[C@@](C)(C(=O)/C=C/OC)[C@H]2[C@H](C)C[C@@](C)(O)C[C@]2(O)C(=O)[C@@]1(C)O. The number of carbonyl (C=O) groups excluding carboxylic acids is 2. The zero-order valence-corrected chi connectivity index (χ0v) is 18.2. The highest BCUT2D eigenvalue weighted by atomic mass is 16.5. The van der Waals surface area contributed by atoms with Crippen LogP contribution in [0, 0.1) is 29.1 Å². The molecule has 160 valence electrons. The second kappa shape index (κ2) is 7.22. The van der Waals surface area contributed by atoms with Crippen molar-refractivity contribution in [2.75, 3.05) is 7.11 Å². The number of methoxy groups -OCH3 is 1. The summed E-state index contributed by atoms with van der Waals surface area (Å²) in [5, 5.41) is 33.7. The molecule has 2 rings (SSSR count). The molecule has 0 bridgehead atoms. The maximum Gasteiger partial charge on any atom is 0.196 e. The van der Waals surface area contributed by atoms with Crippen molar-refractivity contribution < 1.29 is 29.6 Å². The second-order valence-electron chi connectivity index (χ2n) is 9.78. The van der Waals surface area contributed by atoms with E-state index in [4.69, 9.17) is 4.74 Å². The number of ketones is 2. The number of fused-ring (bicyclic) bond motifs is 1. The van der Waals surface area contributed by atoms with Crippen molar-refractivity contribution in [3.8, 4) is 0 Å². The Labute approximate surface area is 168 Å². The number of hydrogen-bond donors (Lipinski definition) is 3. The van der Waals surface area contributed by atoms with Crippen LogP contribution in [0.25, 0.3) is 0 Å². The van der Waals surface area contributed by atoms with Crippen molar-refractivity contribution in [2.24, 2.45) is 29.1 Å². The third kappa shape index (κ3) is 3.23. The lowest BCUT2D eigenvalue weighted by atomic mass is 9.41. The van der Waals surface area contributed by atoms with Crippen LogP contribution < -0.4 is 0 Å². The van der Waals surface area contributed by atoms with Gasteiger partial charge in [-0.3, -0.25) is 9.59 Å². The van der Waals surface area contributed by atoms with Crippen molar-refractivity contribution in [1.29, 1.82) is 0 Å². The van der Waals surface area contributed by atoms with Crippen LogP contribution >= 0.6 is 0 Å². The Morgan fingerprint density at radius 2 is 1.86 bits per heavy atom. The molecule has 8 atom stereocenters. The Hall–Kier alpha value is -1.24. The quantitative estimate of drug-likeness (QED) is 0.486. The van der Waals surface area contributed by atoms with Crippen molar-refractivity contribution in [2.45, 2.75) is 77.6 Å². The fourth-order valence-electron chi connectivity index (χ4n) is 6.71. The van der Waals surface area contributed by atoms with E-state index in [0.29, 0.717) is 12.8 Å². The van der Waals surface area contributed by atoms with E-state index < -0.39 is 39.8 Å². The lowest BCUT2D eigenvalue weighted by Crippen LogP contribution is -2.76. The molecule has 0 aromatic heterocycles. The summed E-state index contributed by atoms with van der Waals surface area (Å²) in [5.41, 5.74) is -6.35. The number of hydrogen-bond acceptors (Lipinski definition) is 6. The van der Waals surface area contributed by atoms with Gasteiger partial charge in [0, 0.05) is 29.7 Å². The summed E-state index contributed by atoms with van der Waals surface area (Å²) in [6.45, 7) is 10.5. The van der Waals surface area contributed by atoms with E-state index in [-0.39, 0.29) is 24.0 Å². The predicted molar refractivity (Wildman–Crippen MR) is 105 cm³/mol. The fourth-order valence-corrected chi connectivity index (χ4v) is 6.71. The minimum atomic E-state index is -1.99. The number of carbonyl (C=O) groups is 2. The first-order chi connectivity index (χ1) is 12.7. The molecular formula is C22H36O6. The molecule has 2 aliphatic rings. The number of Topliss-reactive ketones (excluding diaryl/α,β-unsaturated/α-hetero) is 1. The van der Waals surface area contributed by atoms with E-state index >= 15 is 0 Å². The average molecular weight is 397 g/mol. The van der Waals surface area contributed by atoms with E-state index in [0.717, 1.165) is 0 Å². The molecule has 0 unspecified atom stereocenters. The summed E-state index contributed by atoms with van der Waals surface area (Å²) in [6.07, 6.45) is 3.44. The first-order valence-corrected chi connectivity index (χ1v) is 10.2. The Kier molecular flexibility index (Phi) is 5.94. The van der Waals surface area contributed by atoms with E-state index in [2.05, 4.69) is 0 Å². The van der Waals surface area contributed by atoms with Crippen LogP contribution in [-0.4, -0.2) is 50.8 Å². The van der Waals surface area contributed by atoms with E-state index in [1.165, 1.54) is 26.4 Å². The average Bonchev–Trinajstić information content (AvgIpc) is 2.55. The van der Waals surface area contributed by atoms with Gasteiger partial charge in [-0.05, 0) is 32.1 Å². The third-order valence-corrected chi connectivity index (χ3v) is 7.35. The molecule has 0 spiro atoms. The molecular weight excluding hydrogens is 360 g/mol. The van der Waals surface area contributed by atoms with Crippen LogP contribution in [0.5, 0.6) is 0 Å². The predicted octanol–water partition coefficient (Wildman–Crippen LogP) is 2.25. The van der Waals surface area contributed by atoms with Crippen molar-refractivity contribution in [3.05, 3.63) is 12.3 Å². The van der Waals surface area contributed by atoms with Gasteiger partial charge in [0.2, 0.25) is 0 Å². The summed E-state index contributed by atoms with van der Waals surface area (Å²) >= 11 is 0. The van der Waals surface area contributed by atoms with Crippen LogP contribution in [0.1, 0.15) is 60.8 Å². The van der Waals surface area contributed by atoms with Crippen molar-refractivity contribution in [1.82, 2.24) is 0 Å². The van der Waals surface area contributed by atoms with Crippen LogP contribution in [-0.2, 0) is 14.3 Å². The molecule has 0 radical (unpaired) electrons. The van der Waals surface area contributed by atoms with Crippen LogP contribution in [0.2, 0.25) is 0 Å². The normalized spacial score (nSPS) is 47.6. The molecule has 6 heteroatoms. The molecule has 0 heterocycles. The summed E-state index contributed by atoms with van der Waals surface area (Å²) < 4.78 is 4.93. The van der Waals surface area contributed by atoms with Gasteiger partial charge in [0.1, 0.15) is 11.2 Å². The van der Waals surface area contributed by atoms with Crippen LogP contribution in [0.15, 0.2) is 12.3 Å². The smallest absolute Gasteiger partial charge is 0.196 e. The molecule has 2 saturated carbocycles. The Morgan fingerprint density at radius 1 is 1.29 bits per heavy atom. The van der Waals surface area contributed by atoms with Crippen molar-refractivity contribution >= 4 is 11.6 Å². The van der Waals surface area contributed by atoms with E-state index in [1.807, 2.05) is 20.8 Å². The molecule has 28 heavy (non-hydrogen) atoms. The highest BCUT2D eigenvalue weighted by Crippen LogP contribution is 2.62. The first kappa shape index (κ1) is 23.0. The topological polar surface area (TPSA) is 104 Å². The van der Waals surface area contributed by atoms with Crippen LogP contribution in [0.3, 0.4) is 0 Å². The van der Waals surface area contributed by atoms with Gasteiger partial charge in [0.25, 0.3) is 0 Å². The third-order valence-electron chi connectivity index (χ3n) is 7.35. The van der Waals surface area contributed by atoms with Gasteiger partial charge >= 0.3 is 0 Å². The second-order valence-corrected chi connectivity index (χ2v) is 9.78. The monoisotopic (exact) mass is 396 g/mol. The Bertz CT molecular complexity index is 666. The van der Waals surface area contributed by atoms with Crippen molar-refractivity contribution in [3.63, 3.8) is 0 Å². The Morgan fingerprint density at radius 3 is 2.36 bits per heavy atom. The lowest BCUT2D eigenvalue weighted by molar-refractivity contribution is -0.244. The van der Waals surface area contributed by atoms with Gasteiger partial charge in [-0.2, -0.15) is 0 Å². The number of rotatable bonds is 5. The summed E-state index contributed by atoms with van der Waals surface area (Å²) in [6, 6.07) is 0. The molecule has 0 aliphatic heterocycles. The Balaban J connectivity index is 2.79. The van der Waals surface area contributed by atoms with Gasteiger partial charge in [-0.15, -0.1) is 0 Å². The van der Waals surface area contributed by atoms with E-state index in [9.17, 15) is 24.9 Å². The number of allylic oxidation sites excluding steroid dienone is 1. The highest BCUT2D eigenvalue weighted by Gasteiger charge is 2.73. The number of ether oxygens (including phenoxy) is 1. The molecule has 0 saturated heterocycles. The van der Waals surface area contributed by atoms with Gasteiger partial charge < -0.3 is 20.1 Å². The maximum absolute atomic E-state index is 13.4. The van der Waals surface area contributed by atoms with Gasteiger partial charge in [-0.1, -0.05) is 34.1 Å². The minimum absolute atomic E-state index is 0.136.